The van der Waals surface area contributed by atoms with E-state index in [1.807, 2.05) is 64.1 Å². The van der Waals surface area contributed by atoms with Crippen LogP contribution in [0.2, 0.25) is 0 Å². The SMILES string of the molecule is Cc1ccc(NC(=O)CCCN2C(=O)/C(=C3\SC(=S)N(CCCC(=O)Nc4ccc(C)cc4C)C3=O)SC2=S)c(C)c1. The van der Waals surface area contributed by atoms with Crippen LogP contribution in [-0.4, -0.2) is 55.2 Å². The Morgan fingerprint density at radius 2 is 1.07 bits per heavy atom. The molecular weight excluding hydrogens is 609 g/mol. The van der Waals surface area contributed by atoms with E-state index in [4.69, 9.17) is 24.4 Å². The number of benzene rings is 2. The van der Waals surface area contributed by atoms with Crippen molar-refractivity contribution < 1.29 is 19.2 Å². The highest BCUT2D eigenvalue weighted by Gasteiger charge is 2.41. The van der Waals surface area contributed by atoms with Crippen LogP contribution >= 0.6 is 48.0 Å². The summed E-state index contributed by atoms with van der Waals surface area (Å²) >= 11 is 13.0. The molecular formula is C30H32N4O4S4. The quantitative estimate of drug-likeness (QED) is 0.242. The van der Waals surface area contributed by atoms with Gasteiger partial charge in [0.05, 0.1) is 9.81 Å². The summed E-state index contributed by atoms with van der Waals surface area (Å²) in [5.74, 6) is -0.992. The molecule has 2 aromatic rings. The third kappa shape index (κ3) is 7.66. The van der Waals surface area contributed by atoms with Crippen LogP contribution in [0.1, 0.15) is 47.9 Å². The van der Waals surface area contributed by atoms with E-state index < -0.39 is 0 Å². The van der Waals surface area contributed by atoms with Crippen molar-refractivity contribution in [1.82, 2.24) is 9.80 Å². The fourth-order valence-electron chi connectivity index (χ4n) is 4.58. The van der Waals surface area contributed by atoms with Gasteiger partial charge in [-0.25, -0.2) is 0 Å². The second-order valence-corrected chi connectivity index (χ2v) is 13.5. The maximum absolute atomic E-state index is 13.2. The van der Waals surface area contributed by atoms with E-state index in [1.165, 1.54) is 9.80 Å². The number of thioether (sulfide) groups is 2. The Balaban J connectivity index is 1.28. The van der Waals surface area contributed by atoms with Gasteiger partial charge in [-0.15, -0.1) is 0 Å². The summed E-state index contributed by atoms with van der Waals surface area (Å²) in [6.45, 7) is 8.40. The maximum Gasteiger partial charge on any atom is 0.267 e. The minimum Gasteiger partial charge on any atom is -0.326 e. The lowest BCUT2D eigenvalue weighted by Crippen LogP contribution is -2.31. The summed E-state index contributed by atoms with van der Waals surface area (Å²) in [5.41, 5.74) is 5.73. The standard InChI is InChI=1S/C30H32N4O4S4/c1-17-9-11-21(19(3)15-17)31-23(35)7-5-13-33-27(37)25(41-29(33)39)26-28(38)34(30(40)42-26)14-6-8-24(36)32-22-12-10-18(2)16-20(22)4/h9-12,15-16H,5-8,13-14H2,1-4H3,(H,31,35)(H,32,36)/b26-25+. The van der Waals surface area contributed by atoms with E-state index in [0.29, 0.717) is 21.5 Å². The zero-order valence-corrected chi connectivity index (χ0v) is 27.1. The molecule has 0 unspecified atom stereocenters. The molecule has 0 aromatic heterocycles. The number of nitrogens with zero attached hydrogens (tertiary/aromatic N) is 2. The first-order chi connectivity index (χ1) is 19.9. The van der Waals surface area contributed by atoms with Gasteiger partial charge in [-0.3, -0.25) is 29.0 Å². The summed E-state index contributed by atoms with van der Waals surface area (Å²) in [6.07, 6.45) is 1.28. The Kier molecular flexibility index (Phi) is 10.6. The van der Waals surface area contributed by atoms with Crippen LogP contribution in [0.4, 0.5) is 11.4 Å². The van der Waals surface area contributed by atoms with Gasteiger partial charge < -0.3 is 10.6 Å². The van der Waals surface area contributed by atoms with E-state index in [1.54, 1.807) is 0 Å². The first kappa shape index (κ1) is 31.9. The number of carbonyl (C=O) groups excluding carboxylic acids is 4. The number of amides is 4. The molecule has 0 aliphatic carbocycles. The minimum absolute atomic E-state index is 0.143. The molecule has 2 fully saturated rings. The van der Waals surface area contributed by atoms with Gasteiger partial charge in [-0.1, -0.05) is 83.4 Å². The van der Waals surface area contributed by atoms with Gasteiger partial charge in [-0.05, 0) is 63.8 Å². The fraction of sp³-hybridized carbons (Fsp3) is 0.333. The van der Waals surface area contributed by atoms with Gasteiger partial charge in [0, 0.05) is 37.3 Å². The van der Waals surface area contributed by atoms with Crippen molar-refractivity contribution in [3.8, 4) is 0 Å². The van der Waals surface area contributed by atoms with Crippen LogP contribution in [0.5, 0.6) is 0 Å². The Bertz CT molecular complexity index is 1410. The fourth-order valence-corrected chi connectivity index (χ4v) is 7.36. The monoisotopic (exact) mass is 640 g/mol. The third-order valence-electron chi connectivity index (χ3n) is 6.79. The molecule has 2 aliphatic rings. The summed E-state index contributed by atoms with van der Waals surface area (Å²) < 4.78 is 0.691. The smallest absolute Gasteiger partial charge is 0.267 e. The molecule has 2 heterocycles. The van der Waals surface area contributed by atoms with Gasteiger partial charge >= 0.3 is 0 Å². The first-order valence-corrected chi connectivity index (χ1v) is 16.0. The van der Waals surface area contributed by atoms with Crippen LogP contribution in [0, 0.1) is 27.7 Å². The van der Waals surface area contributed by atoms with E-state index in [9.17, 15) is 19.2 Å². The van der Waals surface area contributed by atoms with Crippen LogP contribution in [-0.2, 0) is 19.2 Å². The average Bonchev–Trinajstić information content (AvgIpc) is 3.36. The van der Waals surface area contributed by atoms with Crippen LogP contribution < -0.4 is 10.6 Å². The summed E-state index contributed by atoms with van der Waals surface area (Å²) in [7, 11) is 0. The van der Waals surface area contributed by atoms with Crippen LogP contribution in [0.25, 0.3) is 0 Å². The zero-order valence-electron chi connectivity index (χ0n) is 23.9. The van der Waals surface area contributed by atoms with Gasteiger partial charge in [0.25, 0.3) is 11.8 Å². The topological polar surface area (TPSA) is 98.8 Å². The molecule has 220 valence electrons. The Hall–Kier alpha value is -3.06. The predicted octanol–water partition coefficient (Wildman–Crippen LogP) is 5.99. The van der Waals surface area contributed by atoms with Crippen LogP contribution in [0.15, 0.2) is 46.2 Å². The second kappa shape index (κ2) is 13.9. The molecule has 0 atom stereocenters. The number of anilines is 2. The van der Waals surface area contributed by atoms with Gasteiger partial charge in [0.15, 0.2) is 0 Å². The molecule has 2 saturated heterocycles. The van der Waals surface area contributed by atoms with E-state index in [0.717, 1.165) is 57.2 Å². The summed E-state index contributed by atoms with van der Waals surface area (Å²) in [4.78, 5) is 54.7. The lowest BCUT2D eigenvalue weighted by Gasteiger charge is -2.15. The largest absolute Gasteiger partial charge is 0.326 e. The predicted molar refractivity (Wildman–Crippen MR) is 178 cm³/mol. The molecule has 0 radical (unpaired) electrons. The van der Waals surface area contributed by atoms with Crippen molar-refractivity contribution in [2.45, 2.75) is 53.4 Å². The van der Waals surface area contributed by atoms with Crippen molar-refractivity contribution in [2.75, 3.05) is 23.7 Å². The molecule has 8 nitrogen and oxygen atoms in total. The minimum atomic E-state index is -0.354. The average molecular weight is 641 g/mol. The molecule has 42 heavy (non-hydrogen) atoms. The Morgan fingerprint density at radius 1 is 0.690 bits per heavy atom. The van der Waals surface area contributed by atoms with Crippen molar-refractivity contribution >= 4 is 91.6 Å². The number of aryl methyl sites for hydroxylation is 4. The summed E-state index contributed by atoms with van der Waals surface area (Å²) in [5, 5.41) is 5.82. The molecule has 4 rings (SSSR count). The van der Waals surface area contributed by atoms with Crippen molar-refractivity contribution in [3.05, 3.63) is 68.5 Å². The Morgan fingerprint density at radius 3 is 1.43 bits per heavy atom. The second-order valence-electron chi connectivity index (χ2n) is 10.2. The van der Waals surface area contributed by atoms with E-state index in [-0.39, 0.29) is 59.4 Å². The van der Waals surface area contributed by atoms with Gasteiger partial charge in [0.1, 0.15) is 8.64 Å². The van der Waals surface area contributed by atoms with E-state index in [2.05, 4.69) is 10.6 Å². The molecule has 0 bridgehead atoms. The number of carbonyl (C=O) groups is 4. The van der Waals surface area contributed by atoms with E-state index >= 15 is 0 Å². The molecule has 2 aromatic carbocycles. The highest BCUT2D eigenvalue weighted by molar-refractivity contribution is 8.29. The Labute approximate surface area is 265 Å². The molecule has 0 spiro atoms. The summed E-state index contributed by atoms with van der Waals surface area (Å²) in [6, 6.07) is 11.6. The van der Waals surface area contributed by atoms with Crippen molar-refractivity contribution in [2.24, 2.45) is 0 Å². The molecule has 4 amide bonds. The van der Waals surface area contributed by atoms with Crippen molar-refractivity contribution in [1.29, 1.82) is 0 Å². The highest BCUT2D eigenvalue weighted by atomic mass is 32.2. The zero-order chi connectivity index (χ0) is 30.6. The number of hydrogen-bond donors (Lipinski definition) is 2. The highest BCUT2D eigenvalue weighted by Crippen LogP contribution is 2.42. The lowest BCUT2D eigenvalue weighted by atomic mass is 10.1. The number of thiocarbonyl (C=S) groups is 2. The molecule has 2 N–H and O–H groups in total. The number of rotatable bonds is 10. The molecule has 0 saturated carbocycles. The lowest BCUT2D eigenvalue weighted by molar-refractivity contribution is -0.124. The maximum atomic E-state index is 13.2. The third-order valence-corrected chi connectivity index (χ3v) is 9.81. The molecule has 12 heteroatoms. The van der Waals surface area contributed by atoms with Crippen LogP contribution in [0.3, 0.4) is 0 Å². The van der Waals surface area contributed by atoms with Gasteiger partial charge in [-0.2, -0.15) is 0 Å². The van der Waals surface area contributed by atoms with Gasteiger partial charge in [0.2, 0.25) is 11.8 Å². The first-order valence-electron chi connectivity index (χ1n) is 13.5. The molecule has 2 aliphatic heterocycles. The normalized spacial score (nSPS) is 17.0. The van der Waals surface area contributed by atoms with Crippen molar-refractivity contribution in [3.63, 3.8) is 0 Å². The number of hydrogen-bond acceptors (Lipinski definition) is 8. The number of nitrogens with one attached hydrogen (secondary N) is 2.